The lowest BCUT2D eigenvalue weighted by Gasteiger charge is -2.11. The lowest BCUT2D eigenvalue weighted by molar-refractivity contribution is -0.116. The number of ether oxygens (including phenoxy) is 1. The molecule has 2 heterocycles. The molecule has 3 aromatic rings. The third-order valence-corrected chi connectivity index (χ3v) is 3.37. The van der Waals surface area contributed by atoms with Crippen LogP contribution in [0.2, 0.25) is 0 Å². The van der Waals surface area contributed by atoms with Gasteiger partial charge >= 0.3 is 0 Å². The number of rotatable bonds is 6. The van der Waals surface area contributed by atoms with Gasteiger partial charge in [0.25, 0.3) is 0 Å². The Hall–Kier alpha value is -3.22. The van der Waals surface area contributed by atoms with Gasteiger partial charge in [-0.15, -0.1) is 0 Å². The van der Waals surface area contributed by atoms with E-state index < -0.39 is 0 Å². The predicted molar refractivity (Wildman–Crippen MR) is 88.8 cm³/mol. The normalized spacial score (nSPS) is 10.4. The van der Waals surface area contributed by atoms with E-state index in [1.807, 2.05) is 25.1 Å². The van der Waals surface area contributed by atoms with E-state index in [1.54, 1.807) is 35.5 Å². The van der Waals surface area contributed by atoms with Crippen molar-refractivity contribution < 1.29 is 9.53 Å². The van der Waals surface area contributed by atoms with E-state index in [1.165, 1.54) is 6.33 Å². The highest BCUT2D eigenvalue weighted by Crippen LogP contribution is 2.26. The topological polar surface area (TPSA) is 81.9 Å². The maximum Gasteiger partial charge on any atom is 0.226 e. The fourth-order valence-corrected chi connectivity index (χ4v) is 2.16. The van der Waals surface area contributed by atoms with E-state index in [2.05, 4.69) is 20.4 Å². The smallest absolute Gasteiger partial charge is 0.226 e. The molecule has 24 heavy (non-hydrogen) atoms. The molecular formula is C17H17N5O2. The molecule has 0 radical (unpaired) electrons. The molecule has 0 aliphatic rings. The molecule has 122 valence electrons. The van der Waals surface area contributed by atoms with Crippen LogP contribution in [0.3, 0.4) is 0 Å². The van der Waals surface area contributed by atoms with Crippen molar-refractivity contribution in [3.63, 3.8) is 0 Å². The molecule has 2 aromatic heterocycles. The zero-order valence-electron chi connectivity index (χ0n) is 13.2. The van der Waals surface area contributed by atoms with E-state index in [0.29, 0.717) is 13.0 Å². The second-order valence-electron chi connectivity index (χ2n) is 5.22. The van der Waals surface area contributed by atoms with Crippen LogP contribution in [0.4, 0.5) is 5.69 Å². The van der Waals surface area contributed by atoms with E-state index in [-0.39, 0.29) is 5.91 Å². The molecule has 0 saturated heterocycles. The molecule has 0 aliphatic carbocycles. The number of carbonyl (C=O) groups is 1. The summed E-state index contributed by atoms with van der Waals surface area (Å²) in [6, 6.07) is 9.11. The summed E-state index contributed by atoms with van der Waals surface area (Å²) in [6.45, 7) is 2.43. The summed E-state index contributed by atoms with van der Waals surface area (Å²) in [6.07, 6.45) is 6.71. The van der Waals surface area contributed by atoms with Crippen molar-refractivity contribution in [2.75, 3.05) is 5.32 Å². The highest BCUT2D eigenvalue weighted by Gasteiger charge is 2.06. The Labute approximate surface area is 139 Å². The molecule has 0 aliphatic heterocycles. The van der Waals surface area contributed by atoms with Crippen molar-refractivity contribution in [2.24, 2.45) is 0 Å². The first-order valence-electron chi connectivity index (χ1n) is 7.51. The summed E-state index contributed by atoms with van der Waals surface area (Å²) >= 11 is 0. The number of nitrogens with one attached hydrogen (secondary N) is 1. The molecule has 1 N–H and O–H groups in total. The van der Waals surface area contributed by atoms with Crippen LogP contribution in [0.5, 0.6) is 11.5 Å². The van der Waals surface area contributed by atoms with Gasteiger partial charge in [-0.05, 0) is 42.8 Å². The highest BCUT2D eigenvalue weighted by atomic mass is 16.5. The number of nitrogens with zero attached hydrogens (tertiary/aromatic N) is 4. The molecule has 0 unspecified atom stereocenters. The molecule has 0 fully saturated rings. The molecule has 1 amide bonds. The molecule has 1 aromatic carbocycles. The first-order valence-corrected chi connectivity index (χ1v) is 7.51. The lowest BCUT2D eigenvalue weighted by atomic mass is 10.2. The fourth-order valence-electron chi connectivity index (χ4n) is 2.16. The summed E-state index contributed by atoms with van der Waals surface area (Å²) in [5.74, 6) is 1.38. The third-order valence-electron chi connectivity index (χ3n) is 3.37. The molecule has 0 atom stereocenters. The van der Waals surface area contributed by atoms with Gasteiger partial charge in [0.1, 0.15) is 24.2 Å². The van der Waals surface area contributed by atoms with Gasteiger partial charge in [-0.1, -0.05) is 0 Å². The van der Waals surface area contributed by atoms with Crippen LogP contribution in [0.25, 0.3) is 0 Å². The summed E-state index contributed by atoms with van der Waals surface area (Å²) in [7, 11) is 0. The number of carbonyl (C=O) groups excluding carboxylic acids is 1. The van der Waals surface area contributed by atoms with Crippen molar-refractivity contribution in [2.45, 2.75) is 19.9 Å². The van der Waals surface area contributed by atoms with E-state index in [4.69, 9.17) is 4.74 Å². The average Bonchev–Trinajstić information content (AvgIpc) is 3.10. The number of hydrogen-bond donors (Lipinski definition) is 1. The summed E-state index contributed by atoms with van der Waals surface area (Å²) in [5, 5.41) is 6.84. The lowest BCUT2D eigenvalue weighted by Crippen LogP contribution is -2.14. The molecule has 7 heteroatoms. The monoisotopic (exact) mass is 323 g/mol. The van der Waals surface area contributed by atoms with Crippen LogP contribution >= 0.6 is 0 Å². The van der Waals surface area contributed by atoms with E-state index in [0.717, 1.165) is 22.7 Å². The first-order chi connectivity index (χ1) is 11.7. The Morgan fingerprint density at radius 1 is 1.21 bits per heavy atom. The van der Waals surface area contributed by atoms with Crippen LogP contribution in [0.1, 0.15) is 12.0 Å². The number of benzene rings is 1. The Bertz CT molecular complexity index is 803. The summed E-state index contributed by atoms with van der Waals surface area (Å²) in [4.78, 5) is 19.8. The van der Waals surface area contributed by atoms with Crippen molar-refractivity contribution in [3.8, 4) is 11.5 Å². The minimum Gasteiger partial charge on any atom is -0.457 e. The standard InChI is InChI=1S/C17H17N5O2/c1-13-10-14(21-17(23)6-9-22-12-19-11-20-22)2-3-16(13)24-15-4-7-18-8-5-15/h2-5,7-8,10-12H,6,9H2,1H3,(H,21,23). The van der Waals surface area contributed by atoms with Gasteiger partial charge < -0.3 is 10.1 Å². The van der Waals surface area contributed by atoms with E-state index >= 15 is 0 Å². The van der Waals surface area contributed by atoms with Crippen molar-refractivity contribution in [1.82, 2.24) is 19.7 Å². The quantitative estimate of drug-likeness (QED) is 0.754. The SMILES string of the molecule is Cc1cc(NC(=O)CCn2cncn2)ccc1Oc1ccncc1. The van der Waals surface area contributed by atoms with Gasteiger partial charge in [0.05, 0.1) is 6.54 Å². The van der Waals surface area contributed by atoms with Gasteiger partial charge in [0.2, 0.25) is 5.91 Å². The van der Waals surface area contributed by atoms with Crippen LogP contribution in [-0.4, -0.2) is 25.7 Å². The van der Waals surface area contributed by atoms with Gasteiger partial charge in [-0.3, -0.25) is 14.5 Å². The van der Waals surface area contributed by atoms with Crippen molar-refractivity contribution >= 4 is 11.6 Å². The highest BCUT2D eigenvalue weighted by molar-refractivity contribution is 5.90. The van der Waals surface area contributed by atoms with Crippen LogP contribution < -0.4 is 10.1 Å². The maximum atomic E-state index is 12.0. The number of amides is 1. The van der Waals surface area contributed by atoms with Gasteiger partial charge in [0, 0.05) is 24.5 Å². The van der Waals surface area contributed by atoms with Crippen LogP contribution in [0.15, 0.2) is 55.4 Å². The maximum absolute atomic E-state index is 12.0. The van der Waals surface area contributed by atoms with Gasteiger partial charge in [0.15, 0.2) is 0 Å². The molecule has 0 saturated carbocycles. The zero-order valence-corrected chi connectivity index (χ0v) is 13.2. The Balaban J connectivity index is 1.58. The second kappa shape index (κ2) is 7.36. The molecule has 0 spiro atoms. The Morgan fingerprint density at radius 3 is 2.75 bits per heavy atom. The third kappa shape index (κ3) is 4.16. The minimum atomic E-state index is -0.0762. The molecular weight excluding hydrogens is 306 g/mol. The zero-order chi connectivity index (χ0) is 16.8. The second-order valence-corrected chi connectivity index (χ2v) is 5.22. The van der Waals surface area contributed by atoms with Crippen LogP contribution in [0, 0.1) is 6.92 Å². The largest absolute Gasteiger partial charge is 0.457 e. The van der Waals surface area contributed by atoms with Crippen LogP contribution in [-0.2, 0) is 11.3 Å². The average molecular weight is 323 g/mol. The summed E-state index contributed by atoms with van der Waals surface area (Å²) in [5.41, 5.74) is 1.67. The van der Waals surface area contributed by atoms with Gasteiger partial charge in [-0.25, -0.2) is 4.98 Å². The first kappa shape index (κ1) is 15.7. The number of anilines is 1. The number of aryl methyl sites for hydroxylation is 2. The van der Waals surface area contributed by atoms with E-state index in [9.17, 15) is 4.79 Å². The number of aromatic nitrogens is 4. The van der Waals surface area contributed by atoms with Gasteiger partial charge in [-0.2, -0.15) is 5.10 Å². The fraction of sp³-hybridized carbons (Fsp3) is 0.176. The molecule has 3 rings (SSSR count). The number of pyridine rings is 1. The Morgan fingerprint density at radius 2 is 2.04 bits per heavy atom. The van der Waals surface area contributed by atoms with Crippen molar-refractivity contribution in [3.05, 3.63) is 60.9 Å². The number of hydrogen-bond acceptors (Lipinski definition) is 5. The van der Waals surface area contributed by atoms with Crippen molar-refractivity contribution in [1.29, 1.82) is 0 Å². The molecule has 0 bridgehead atoms. The predicted octanol–water partition coefficient (Wildman–Crippen LogP) is 2.80. The minimum absolute atomic E-state index is 0.0762. The molecule has 7 nitrogen and oxygen atoms in total. The Kier molecular flexibility index (Phi) is 4.81. The summed E-state index contributed by atoms with van der Waals surface area (Å²) < 4.78 is 7.42.